The molecule has 1 rings (SSSR count). The lowest BCUT2D eigenvalue weighted by Crippen LogP contribution is -2.39. The largest absolute Gasteiger partial charge is 0.394 e. The summed E-state index contributed by atoms with van der Waals surface area (Å²) in [5.74, 6) is 0.437. The molecule has 2 N–H and O–H groups in total. The number of benzene rings is 1. The van der Waals surface area contributed by atoms with Gasteiger partial charge in [0.15, 0.2) is 0 Å². The summed E-state index contributed by atoms with van der Waals surface area (Å²) < 4.78 is 0. The molecular weight excluding hydrogens is 238 g/mol. The quantitative estimate of drug-likeness (QED) is 0.828. The maximum atomic E-state index is 12.0. The Bertz CT molecular complexity index is 427. The summed E-state index contributed by atoms with van der Waals surface area (Å²) in [5, 5.41) is 12.2. The number of hydrogen-bond acceptors (Lipinski definition) is 2. The van der Waals surface area contributed by atoms with E-state index in [1.807, 2.05) is 32.0 Å². The molecule has 1 unspecified atom stereocenters. The maximum absolute atomic E-state index is 12.0. The molecular formula is C16H25NO2. The number of hydrogen-bond donors (Lipinski definition) is 2. The van der Waals surface area contributed by atoms with E-state index in [0.717, 1.165) is 23.1 Å². The van der Waals surface area contributed by atoms with Crippen LogP contribution in [0, 0.1) is 19.8 Å². The van der Waals surface area contributed by atoms with Crippen LogP contribution in [0.3, 0.4) is 0 Å². The Morgan fingerprint density at radius 2 is 2.00 bits per heavy atom. The Morgan fingerprint density at radius 1 is 1.32 bits per heavy atom. The first-order chi connectivity index (χ1) is 8.92. The highest BCUT2D eigenvalue weighted by Crippen LogP contribution is 2.12. The van der Waals surface area contributed by atoms with Gasteiger partial charge in [0.05, 0.1) is 19.1 Å². The molecule has 0 heterocycles. The van der Waals surface area contributed by atoms with Crippen molar-refractivity contribution in [1.29, 1.82) is 0 Å². The van der Waals surface area contributed by atoms with E-state index in [4.69, 9.17) is 0 Å². The van der Waals surface area contributed by atoms with Crippen LogP contribution in [0.5, 0.6) is 0 Å². The number of nitrogens with one attached hydrogen (secondary N) is 1. The van der Waals surface area contributed by atoms with Gasteiger partial charge in [-0.2, -0.15) is 0 Å². The van der Waals surface area contributed by atoms with E-state index < -0.39 is 0 Å². The van der Waals surface area contributed by atoms with Crippen LogP contribution in [-0.2, 0) is 11.2 Å². The molecule has 0 aromatic heterocycles. The zero-order chi connectivity index (χ0) is 14.4. The van der Waals surface area contributed by atoms with E-state index in [2.05, 4.69) is 19.2 Å². The molecule has 3 heteroatoms. The van der Waals surface area contributed by atoms with Gasteiger partial charge in [-0.1, -0.05) is 37.6 Å². The van der Waals surface area contributed by atoms with Crippen molar-refractivity contribution in [3.8, 4) is 0 Å². The summed E-state index contributed by atoms with van der Waals surface area (Å²) in [4.78, 5) is 12.0. The van der Waals surface area contributed by atoms with Crippen molar-refractivity contribution >= 4 is 5.91 Å². The third-order valence-electron chi connectivity index (χ3n) is 3.20. The van der Waals surface area contributed by atoms with Gasteiger partial charge in [-0.05, 0) is 37.3 Å². The lowest BCUT2D eigenvalue weighted by molar-refractivity contribution is -0.121. The fourth-order valence-electron chi connectivity index (χ4n) is 2.19. The summed E-state index contributed by atoms with van der Waals surface area (Å²) >= 11 is 0. The minimum atomic E-state index is -0.141. The molecule has 0 bridgehead atoms. The highest BCUT2D eigenvalue weighted by molar-refractivity contribution is 5.79. The monoisotopic (exact) mass is 263 g/mol. The highest BCUT2D eigenvalue weighted by Gasteiger charge is 2.14. The number of rotatable bonds is 6. The van der Waals surface area contributed by atoms with Crippen LogP contribution in [0.4, 0.5) is 0 Å². The minimum absolute atomic E-state index is 0.00325. The first kappa shape index (κ1) is 15.7. The van der Waals surface area contributed by atoms with E-state index in [9.17, 15) is 9.90 Å². The number of carbonyl (C=O) groups is 1. The van der Waals surface area contributed by atoms with E-state index in [1.54, 1.807) is 0 Å². The van der Waals surface area contributed by atoms with Crippen molar-refractivity contribution < 1.29 is 9.90 Å². The fourth-order valence-corrected chi connectivity index (χ4v) is 2.19. The van der Waals surface area contributed by atoms with Gasteiger partial charge in [-0.15, -0.1) is 0 Å². The fraction of sp³-hybridized carbons (Fsp3) is 0.562. The second-order valence-corrected chi connectivity index (χ2v) is 5.68. The summed E-state index contributed by atoms with van der Waals surface area (Å²) in [7, 11) is 0. The van der Waals surface area contributed by atoms with Gasteiger partial charge < -0.3 is 10.4 Å². The SMILES string of the molecule is Cc1ccc(C)c(CC(=O)NC(CO)CC(C)C)c1. The molecule has 1 aromatic rings. The molecule has 0 saturated heterocycles. The van der Waals surface area contributed by atoms with Gasteiger partial charge in [0, 0.05) is 0 Å². The van der Waals surface area contributed by atoms with Crippen molar-refractivity contribution in [1.82, 2.24) is 5.32 Å². The molecule has 0 saturated carbocycles. The Morgan fingerprint density at radius 3 is 2.58 bits per heavy atom. The van der Waals surface area contributed by atoms with Crippen LogP contribution in [0.15, 0.2) is 18.2 Å². The Hall–Kier alpha value is -1.35. The van der Waals surface area contributed by atoms with Gasteiger partial charge in [-0.3, -0.25) is 4.79 Å². The number of carbonyl (C=O) groups excluding carboxylic acids is 1. The van der Waals surface area contributed by atoms with Crippen LogP contribution in [0.1, 0.15) is 37.0 Å². The molecule has 1 aromatic carbocycles. The number of amides is 1. The van der Waals surface area contributed by atoms with Crippen molar-refractivity contribution in [3.63, 3.8) is 0 Å². The first-order valence-electron chi connectivity index (χ1n) is 6.88. The molecule has 0 aliphatic carbocycles. The van der Waals surface area contributed by atoms with E-state index in [1.165, 1.54) is 0 Å². The third kappa shape index (κ3) is 5.43. The molecule has 0 aliphatic rings. The molecule has 19 heavy (non-hydrogen) atoms. The normalized spacial score (nSPS) is 12.5. The van der Waals surface area contributed by atoms with E-state index in [0.29, 0.717) is 12.3 Å². The van der Waals surface area contributed by atoms with E-state index >= 15 is 0 Å². The van der Waals surface area contributed by atoms with Gasteiger partial charge in [0.2, 0.25) is 5.91 Å². The summed E-state index contributed by atoms with van der Waals surface area (Å²) in [6.45, 7) is 8.20. The second-order valence-electron chi connectivity index (χ2n) is 5.68. The predicted octanol–water partition coefficient (Wildman–Crippen LogP) is 2.37. The molecule has 1 atom stereocenters. The summed E-state index contributed by atoms with van der Waals surface area (Å²) in [5.41, 5.74) is 3.35. The molecule has 0 fully saturated rings. The third-order valence-corrected chi connectivity index (χ3v) is 3.20. The minimum Gasteiger partial charge on any atom is -0.394 e. The van der Waals surface area contributed by atoms with Crippen molar-refractivity contribution in [3.05, 3.63) is 34.9 Å². The number of aliphatic hydroxyl groups excluding tert-OH is 1. The van der Waals surface area contributed by atoms with Crippen LogP contribution in [0.2, 0.25) is 0 Å². The zero-order valence-corrected chi connectivity index (χ0v) is 12.4. The lowest BCUT2D eigenvalue weighted by Gasteiger charge is -2.18. The topological polar surface area (TPSA) is 49.3 Å². The van der Waals surface area contributed by atoms with Crippen LogP contribution in [-0.4, -0.2) is 23.7 Å². The first-order valence-corrected chi connectivity index (χ1v) is 6.88. The average molecular weight is 263 g/mol. The van der Waals surface area contributed by atoms with Crippen LogP contribution < -0.4 is 5.32 Å². The number of aliphatic hydroxyl groups is 1. The second kappa shape index (κ2) is 7.29. The Balaban J connectivity index is 2.61. The lowest BCUT2D eigenvalue weighted by atomic mass is 10.0. The molecule has 106 valence electrons. The molecule has 0 radical (unpaired) electrons. The summed E-state index contributed by atoms with van der Waals surface area (Å²) in [6, 6.07) is 5.99. The van der Waals surface area contributed by atoms with Gasteiger partial charge in [0.25, 0.3) is 0 Å². The van der Waals surface area contributed by atoms with E-state index in [-0.39, 0.29) is 18.6 Å². The standard InChI is InChI=1S/C16H25NO2/c1-11(2)7-15(10-18)17-16(19)9-14-8-12(3)5-6-13(14)4/h5-6,8,11,15,18H,7,9-10H2,1-4H3,(H,17,19). The zero-order valence-electron chi connectivity index (χ0n) is 12.4. The van der Waals surface area contributed by atoms with Crippen molar-refractivity contribution in [2.45, 2.75) is 46.6 Å². The molecule has 0 aliphatic heterocycles. The van der Waals surface area contributed by atoms with Gasteiger partial charge >= 0.3 is 0 Å². The van der Waals surface area contributed by atoms with Gasteiger partial charge in [-0.25, -0.2) is 0 Å². The van der Waals surface area contributed by atoms with Crippen LogP contribution >= 0.6 is 0 Å². The maximum Gasteiger partial charge on any atom is 0.224 e. The molecule has 1 amide bonds. The van der Waals surface area contributed by atoms with Crippen molar-refractivity contribution in [2.75, 3.05) is 6.61 Å². The number of aryl methyl sites for hydroxylation is 2. The molecule has 0 spiro atoms. The Kier molecular flexibility index (Phi) is 6.03. The average Bonchev–Trinajstić information content (AvgIpc) is 2.32. The Labute approximate surface area is 116 Å². The predicted molar refractivity (Wildman–Crippen MR) is 78.1 cm³/mol. The van der Waals surface area contributed by atoms with Gasteiger partial charge in [0.1, 0.15) is 0 Å². The molecule has 3 nitrogen and oxygen atoms in total. The van der Waals surface area contributed by atoms with Crippen LogP contribution in [0.25, 0.3) is 0 Å². The summed E-state index contributed by atoms with van der Waals surface area (Å²) in [6.07, 6.45) is 1.18. The smallest absolute Gasteiger partial charge is 0.224 e. The van der Waals surface area contributed by atoms with Crippen molar-refractivity contribution in [2.24, 2.45) is 5.92 Å². The highest BCUT2D eigenvalue weighted by atomic mass is 16.3.